The first-order valence-corrected chi connectivity index (χ1v) is 19.1. The van der Waals surface area contributed by atoms with E-state index < -0.39 is 0 Å². The Balaban J connectivity index is 1.07. The summed E-state index contributed by atoms with van der Waals surface area (Å²) in [6, 6.07) is 66.9. The predicted molar refractivity (Wildman–Crippen MR) is 232 cm³/mol. The topological polar surface area (TPSA) is 29.5 Å². The van der Waals surface area contributed by atoms with E-state index in [9.17, 15) is 0 Å². The SMILES string of the molecule is C1=c2ccccc2=Cc2c(oc3cccc(-c4ccccc4N(c4ccc(-c5ccccc5)cc4)c4ccc(-c5ccc6oc7ccccc7c6c5)cc4)c23)C1. The molecule has 3 heteroatoms. The summed E-state index contributed by atoms with van der Waals surface area (Å²) in [6.45, 7) is 0. The minimum Gasteiger partial charge on any atom is -0.460 e. The third-order valence-electron chi connectivity index (χ3n) is 11.1. The van der Waals surface area contributed by atoms with Crippen LogP contribution >= 0.6 is 0 Å². The summed E-state index contributed by atoms with van der Waals surface area (Å²) in [6.07, 6.45) is 5.32. The Labute approximate surface area is 324 Å². The van der Waals surface area contributed by atoms with Crippen molar-refractivity contribution in [2.75, 3.05) is 4.90 Å². The summed E-state index contributed by atoms with van der Waals surface area (Å²) in [7, 11) is 0. The average molecular weight is 718 g/mol. The average Bonchev–Trinajstić information content (AvgIpc) is 3.76. The molecular weight excluding hydrogens is 683 g/mol. The molecule has 0 amide bonds. The number of nitrogens with zero attached hydrogens (tertiary/aromatic N) is 1. The van der Waals surface area contributed by atoms with Crippen LogP contribution in [0.5, 0.6) is 0 Å². The molecule has 0 spiro atoms. The quantitative estimate of drug-likeness (QED) is 0.171. The summed E-state index contributed by atoms with van der Waals surface area (Å²) < 4.78 is 12.7. The number of para-hydroxylation sites is 2. The molecule has 3 nitrogen and oxygen atoms in total. The second-order valence-corrected chi connectivity index (χ2v) is 14.4. The maximum atomic E-state index is 6.61. The number of hydrogen-bond donors (Lipinski definition) is 0. The number of benzene rings is 8. The van der Waals surface area contributed by atoms with Crippen molar-refractivity contribution in [3.05, 3.63) is 210 Å². The number of fused-ring (bicyclic) bond motifs is 7. The fraction of sp³-hybridized carbons (Fsp3) is 0.0189. The molecule has 1 aliphatic carbocycles. The van der Waals surface area contributed by atoms with Crippen molar-refractivity contribution >= 4 is 62.1 Å². The second kappa shape index (κ2) is 13.2. The van der Waals surface area contributed by atoms with Gasteiger partial charge < -0.3 is 13.7 Å². The Morgan fingerprint density at radius 3 is 1.84 bits per heavy atom. The maximum Gasteiger partial charge on any atom is 0.135 e. The van der Waals surface area contributed by atoms with E-state index in [-0.39, 0.29) is 0 Å². The first-order valence-electron chi connectivity index (χ1n) is 19.1. The van der Waals surface area contributed by atoms with Crippen LogP contribution in [0.1, 0.15) is 11.3 Å². The Hall–Kier alpha value is -7.36. The highest BCUT2D eigenvalue weighted by atomic mass is 16.3. The van der Waals surface area contributed by atoms with Gasteiger partial charge in [-0.2, -0.15) is 0 Å². The molecule has 264 valence electrons. The molecule has 0 fully saturated rings. The standard InChI is InChI=1S/C53H35NO2/c1-2-11-35(12-3-1)37-21-27-41(28-22-37)54(42-29-23-38(24-30-42)40-26-32-50-46(33-40)44-16-7-9-19-49(44)55-50)48-18-8-6-15-43(48)45-17-10-20-52-53(45)47-34-39-14-5-4-13-36(39)25-31-51(47)56-52/h1-30,32-34H,31H2. The van der Waals surface area contributed by atoms with E-state index in [1.54, 1.807) is 0 Å². The van der Waals surface area contributed by atoms with Crippen LogP contribution in [-0.4, -0.2) is 0 Å². The van der Waals surface area contributed by atoms with Gasteiger partial charge in [-0.1, -0.05) is 140 Å². The van der Waals surface area contributed by atoms with Crippen molar-refractivity contribution in [3.63, 3.8) is 0 Å². The van der Waals surface area contributed by atoms with Crippen LogP contribution in [0.15, 0.2) is 197 Å². The molecule has 2 aromatic heterocycles. The van der Waals surface area contributed by atoms with Crippen LogP contribution in [0, 0.1) is 0 Å². The summed E-state index contributed by atoms with van der Waals surface area (Å²) in [5, 5.41) is 5.83. The fourth-order valence-corrected chi connectivity index (χ4v) is 8.40. The van der Waals surface area contributed by atoms with Crippen LogP contribution in [0.3, 0.4) is 0 Å². The van der Waals surface area contributed by atoms with Crippen molar-refractivity contribution in [1.29, 1.82) is 0 Å². The van der Waals surface area contributed by atoms with E-state index >= 15 is 0 Å². The number of anilines is 3. The largest absolute Gasteiger partial charge is 0.460 e. The normalized spacial score (nSPS) is 12.1. The van der Waals surface area contributed by atoms with Crippen LogP contribution < -0.4 is 15.3 Å². The predicted octanol–water partition coefficient (Wildman–Crippen LogP) is 13.0. The summed E-state index contributed by atoms with van der Waals surface area (Å²) in [4.78, 5) is 2.38. The van der Waals surface area contributed by atoms with Gasteiger partial charge in [0.05, 0.1) is 5.69 Å². The van der Waals surface area contributed by atoms with Gasteiger partial charge in [-0.25, -0.2) is 0 Å². The molecule has 0 aliphatic heterocycles. The second-order valence-electron chi connectivity index (χ2n) is 14.4. The van der Waals surface area contributed by atoms with Gasteiger partial charge in [0.1, 0.15) is 22.5 Å². The van der Waals surface area contributed by atoms with E-state index in [2.05, 4.69) is 193 Å². The van der Waals surface area contributed by atoms with Crippen molar-refractivity contribution in [2.24, 2.45) is 0 Å². The van der Waals surface area contributed by atoms with Crippen LogP contribution in [0.4, 0.5) is 17.1 Å². The lowest BCUT2D eigenvalue weighted by molar-refractivity contribution is 0.568. The molecule has 0 saturated heterocycles. The lowest BCUT2D eigenvalue weighted by atomic mass is 9.95. The van der Waals surface area contributed by atoms with Gasteiger partial charge in [0, 0.05) is 45.1 Å². The molecule has 0 radical (unpaired) electrons. The van der Waals surface area contributed by atoms with Crippen LogP contribution in [0.2, 0.25) is 0 Å². The van der Waals surface area contributed by atoms with Crippen LogP contribution in [0.25, 0.3) is 78.4 Å². The smallest absolute Gasteiger partial charge is 0.135 e. The Morgan fingerprint density at radius 1 is 0.411 bits per heavy atom. The van der Waals surface area contributed by atoms with Crippen molar-refractivity contribution in [2.45, 2.75) is 6.42 Å². The van der Waals surface area contributed by atoms with E-state index in [0.717, 1.165) is 90.0 Å². The summed E-state index contributed by atoms with van der Waals surface area (Å²) in [5.41, 5.74) is 14.0. The lowest BCUT2D eigenvalue weighted by Crippen LogP contribution is -2.22. The van der Waals surface area contributed by atoms with Crippen LogP contribution in [-0.2, 0) is 6.42 Å². The minimum atomic E-state index is 0.745. The van der Waals surface area contributed by atoms with Gasteiger partial charge in [0.2, 0.25) is 0 Å². The van der Waals surface area contributed by atoms with Crippen molar-refractivity contribution < 1.29 is 8.83 Å². The molecule has 8 aromatic carbocycles. The Bertz CT molecular complexity index is 3210. The van der Waals surface area contributed by atoms with Crippen molar-refractivity contribution in [1.82, 2.24) is 0 Å². The van der Waals surface area contributed by atoms with Gasteiger partial charge in [-0.05, 0) is 98.9 Å². The molecule has 10 aromatic rings. The molecule has 2 heterocycles. The molecule has 0 unspecified atom stereocenters. The molecule has 0 N–H and O–H groups in total. The number of rotatable bonds is 6. The van der Waals surface area contributed by atoms with Gasteiger partial charge in [-0.15, -0.1) is 0 Å². The molecular formula is C53H35NO2. The van der Waals surface area contributed by atoms with Gasteiger partial charge in [0.15, 0.2) is 0 Å². The zero-order valence-electron chi connectivity index (χ0n) is 30.5. The zero-order valence-corrected chi connectivity index (χ0v) is 30.5. The molecule has 1 aliphatic rings. The van der Waals surface area contributed by atoms with Gasteiger partial charge in [0.25, 0.3) is 0 Å². The lowest BCUT2D eigenvalue weighted by Gasteiger charge is -2.28. The van der Waals surface area contributed by atoms with Gasteiger partial charge in [-0.3, -0.25) is 0 Å². The highest BCUT2D eigenvalue weighted by molar-refractivity contribution is 6.07. The molecule has 0 atom stereocenters. The fourth-order valence-electron chi connectivity index (χ4n) is 8.40. The highest BCUT2D eigenvalue weighted by Crippen LogP contribution is 2.45. The molecule has 0 saturated carbocycles. The van der Waals surface area contributed by atoms with Crippen molar-refractivity contribution in [3.8, 4) is 33.4 Å². The summed E-state index contributed by atoms with van der Waals surface area (Å²) >= 11 is 0. The monoisotopic (exact) mass is 717 g/mol. The summed E-state index contributed by atoms with van der Waals surface area (Å²) in [5.74, 6) is 0.992. The van der Waals surface area contributed by atoms with E-state index in [0.29, 0.717) is 0 Å². The Morgan fingerprint density at radius 2 is 1.02 bits per heavy atom. The maximum absolute atomic E-state index is 6.61. The van der Waals surface area contributed by atoms with E-state index in [1.807, 2.05) is 12.1 Å². The number of furan rings is 2. The first kappa shape index (κ1) is 32.1. The minimum absolute atomic E-state index is 0.745. The molecule has 0 bridgehead atoms. The van der Waals surface area contributed by atoms with E-state index in [4.69, 9.17) is 8.83 Å². The number of hydrogen-bond acceptors (Lipinski definition) is 3. The highest BCUT2D eigenvalue weighted by Gasteiger charge is 2.22. The third kappa shape index (κ3) is 5.44. The third-order valence-corrected chi connectivity index (χ3v) is 11.1. The first-order chi connectivity index (χ1) is 27.7. The van der Waals surface area contributed by atoms with E-state index in [1.165, 1.54) is 21.6 Å². The molecule has 56 heavy (non-hydrogen) atoms. The van der Waals surface area contributed by atoms with Gasteiger partial charge >= 0.3 is 0 Å². The Kier molecular flexibility index (Phi) is 7.56. The molecule has 11 rings (SSSR count). The zero-order chi connectivity index (χ0) is 37.0.